The van der Waals surface area contributed by atoms with Gasteiger partial charge in [0.25, 0.3) is 0 Å². The molecule has 0 aromatic heterocycles. The summed E-state index contributed by atoms with van der Waals surface area (Å²) in [6.45, 7) is 3.70. The van der Waals surface area contributed by atoms with Gasteiger partial charge < -0.3 is 20.3 Å². The summed E-state index contributed by atoms with van der Waals surface area (Å²) >= 11 is 1.98. The summed E-state index contributed by atoms with van der Waals surface area (Å²) in [5.41, 5.74) is 1.25. The zero-order chi connectivity index (χ0) is 18.9. The van der Waals surface area contributed by atoms with E-state index < -0.39 is 0 Å². The maximum absolute atomic E-state index is 5.27. The van der Waals surface area contributed by atoms with Crippen molar-refractivity contribution in [1.82, 2.24) is 15.5 Å². The van der Waals surface area contributed by atoms with Crippen LogP contribution in [0.25, 0.3) is 0 Å². The van der Waals surface area contributed by atoms with Crippen molar-refractivity contribution in [3.63, 3.8) is 0 Å². The molecule has 1 aliphatic rings. The SMILES string of the molecule is CCNC(=NCC(c1ccc(OC)cc1)N(C)C)NC1CCC(SC)C1.I. The molecule has 0 heterocycles. The Morgan fingerprint density at radius 2 is 2.00 bits per heavy atom. The second kappa shape index (κ2) is 12.7. The van der Waals surface area contributed by atoms with Crippen LogP contribution in [-0.2, 0) is 0 Å². The van der Waals surface area contributed by atoms with E-state index >= 15 is 0 Å². The van der Waals surface area contributed by atoms with E-state index in [4.69, 9.17) is 9.73 Å². The molecule has 1 fully saturated rings. The number of aliphatic imine (C=N–C) groups is 1. The third-order valence-electron chi connectivity index (χ3n) is 4.95. The van der Waals surface area contributed by atoms with Gasteiger partial charge in [0.1, 0.15) is 5.75 Å². The minimum absolute atomic E-state index is 0. The second-order valence-electron chi connectivity index (χ2n) is 6.98. The van der Waals surface area contributed by atoms with Crippen LogP contribution in [0.5, 0.6) is 5.75 Å². The number of nitrogens with zero attached hydrogens (tertiary/aromatic N) is 2. The van der Waals surface area contributed by atoms with E-state index in [0.717, 1.165) is 23.5 Å². The smallest absolute Gasteiger partial charge is 0.191 e. The number of ether oxygens (including phenoxy) is 1. The summed E-state index contributed by atoms with van der Waals surface area (Å²) in [7, 11) is 5.90. The molecule has 0 spiro atoms. The Bertz CT molecular complexity index is 568. The van der Waals surface area contributed by atoms with E-state index in [1.54, 1.807) is 7.11 Å². The number of nitrogens with one attached hydrogen (secondary N) is 2. The van der Waals surface area contributed by atoms with Gasteiger partial charge in [-0.3, -0.25) is 4.99 Å². The van der Waals surface area contributed by atoms with E-state index in [-0.39, 0.29) is 30.0 Å². The largest absolute Gasteiger partial charge is 0.497 e. The standard InChI is InChI=1S/C20H34N4OS.HI/c1-6-21-20(23-16-9-12-18(13-16)26-5)22-14-19(24(2)3)15-7-10-17(25-4)11-8-15;/h7-8,10-11,16,18-19H,6,9,12-14H2,1-5H3,(H2,21,22,23);1H. The second-order valence-corrected chi connectivity index (χ2v) is 8.12. The predicted molar refractivity (Wildman–Crippen MR) is 129 cm³/mol. The average Bonchev–Trinajstić information content (AvgIpc) is 3.10. The Labute approximate surface area is 186 Å². The lowest BCUT2D eigenvalue weighted by Crippen LogP contribution is -2.43. The lowest BCUT2D eigenvalue weighted by Gasteiger charge is -2.24. The van der Waals surface area contributed by atoms with Crippen molar-refractivity contribution in [3.05, 3.63) is 29.8 Å². The molecular weight excluding hydrogens is 471 g/mol. The highest BCUT2D eigenvalue weighted by atomic mass is 127. The first-order chi connectivity index (χ1) is 12.6. The summed E-state index contributed by atoms with van der Waals surface area (Å²) in [6.07, 6.45) is 5.96. The quantitative estimate of drug-likeness (QED) is 0.320. The van der Waals surface area contributed by atoms with Crippen molar-refractivity contribution in [2.45, 2.75) is 43.5 Å². The number of hydrogen-bond acceptors (Lipinski definition) is 4. The first kappa shape index (κ1) is 24.4. The monoisotopic (exact) mass is 506 g/mol. The van der Waals surface area contributed by atoms with Crippen LogP contribution >= 0.6 is 35.7 Å². The summed E-state index contributed by atoms with van der Waals surface area (Å²) in [5.74, 6) is 1.81. The molecule has 154 valence electrons. The van der Waals surface area contributed by atoms with Crippen LogP contribution in [0.1, 0.15) is 37.8 Å². The molecule has 5 nitrogen and oxygen atoms in total. The number of methoxy groups -OCH3 is 1. The Morgan fingerprint density at radius 1 is 1.30 bits per heavy atom. The van der Waals surface area contributed by atoms with Crippen molar-refractivity contribution in [2.24, 2.45) is 4.99 Å². The van der Waals surface area contributed by atoms with Gasteiger partial charge in [0.2, 0.25) is 0 Å². The molecule has 2 rings (SSSR count). The molecule has 3 unspecified atom stereocenters. The number of guanidine groups is 1. The van der Waals surface area contributed by atoms with Crippen LogP contribution in [0.2, 0.25) is 0 Å². The van der Waals surface area contributed by atoms with Gasteiger partial charge in [-0.15, -0.1) is 24.0 Å². The minimum atomic E-state index is 0. The van der Waals surface area contributed by atoms with Crippen molar-refractivity contribution in [3.8, 4) is 5.75 Å². The predicted octanol–water partition coefficient (Wildman–Crippen LogP) is 3.76. The number of hydrogen-bond donors (Lipinski definition) is 2. The summed E-state index contributed by atoms with van der Waals surface area (Å²) in [4.78, 5) is 7.10. The molecule has 0 bridgehead atoms. The van der Waals surface area contributed by atoms with E-state index in [2.05, 4.69) is 54.9 Å². The van der Waals surface area contributed by atoms with Crippen LogP contribution in [-0.4, -0.2) is 62.7 Å². The number of halogens is 1. The van der Waals surface area contributed by atoms with E-state index in [1.807, 2.05) is 23.9 Å². The molecule has 2 N–H and O–H groups in total. The van der Waals surface area contributed by atoms with Gasteiger partial charge in [-0.1, -0.05) is 12.1 Å². The molecule has 1 aromatic carbocycles. The van der Waals surface area contributed by atoms with E-state index in [9.17, 15) is 0 Å². The third-order valence-corrected chi connectivity index (χ3v) is 6.04. The highest BCUT2D eigenvalue weighted by molar-refractivity contribution is 14.0. The Hall–Kier alpha value is -0.670. The summed E-state index contributed by atoms with van der Waals surface area (Å²) < 4.78 is 5.27. The van der Waals surface area contributed by atoms with Gasteiger partial charge in [-0.2, -0.15) is 11.8 Å². The molecule has 3 atom stereocenters. The van der Waals surface area contributed by atoms with Crippen LogP contribution in [0.4, 0.5) is 0 Å². The van der Waals surface area contributed by atoms with Gasteiger partial charge >= 0.3 is 0 Å². The van der Waals surface area contributed by atoms with Crippen LogP contribution < -0.4 is 15.4 Å². The van der Waals surface area contributed by atoms with Gasteiger partial charge in [-0.05, 0) is 64.2 Å². The highest BCUT2D eigenvalue weighted by Gasteiger charge is 2.24. The van der Waals surface area contributed by atoms with E-state index in [0.29, 0.717) is 12.6 Å². The van der Waals surface area contributed by atoms with Gasteiger partial charge in [0.05, 0.1) is 19.7 Å². The molecule has 0 amide bonds. The zero-order valence-electron chi connectivity index (χ0n) is 17.2. The van der Waals surface area contributed by atoms with Crippen molar-refractivity contribution in [1.29, 1.82) is 0 Å². The van der Waals surface area contributed by atoms with Crippen LogP contribution in [0, 0.1) is 0 Å². The van der Waals surface area contributed by atoms with Crippen molar-refractivity contribution < 1.29 is 4.74 Å². The Balaban J connectivity index is 0.00000364. The van der Waals surface area contributed by atoms with Gasteiger partial charge in [0.15, 0.2) is 5.96 Å². The fourth-order valence-electron chi connectivity index (χ4n) is 3.37. The number of rotatable bonds is 8. The molecule has 0 aliphatic heterocycles. The highest BCUT2D eigenvalue weighted by Crippen LogP contribution is 2.28. The fourth-order valence-corrected chi connectivity index (χ4v) is 4.17. The summed E-state index contributed by atoms with van der Waals surface area (Å²) in [6, 6.07) is 9.04. The molecule has 1 aromatic rings. The van der Waals surface area contributed by atoms with Gasteiger partial charge in [-0.25, -0.2) is 0 Å². The molecule has 1 saturated carbocycles. The maximum Gasteiger partial charge on any atom is 0.191 e. The number of benzene rings is 1. The molecule has 0 radical (unpaired) electrons. The minimum Gasteiger partial charge on any atom is -0.497 e. The van der Waals surface area contributed by atoms with Crippen molar-refractivity contribution >= 4 is 41.7 Å². The summed E-state index contributed by atoms with van der Waals surface area (Å²) in [5, 5.41) is 7.81. The van der Waals surface area contributed by atoms with Gasteiger partial charge in [0, 0.05) is 17.8 Å². The Morgan fingerprint density at radius 3 is 2.52 bits per heavy atom. The molecule has 7 heteroatoms. The fraction of sp³-hybridized carbons (Fsp3) is 0.650. The molecule has 27 heavy (non-hydrogen) atoms. The van der Waals surface area contributed by atoms with Crippen LogP contribution in [0.15, 0.2) is 29.3 Å². The topological polar surface area (TPSA) is 48.9 Å². The average molecular weight is 506 g/mol. The first-order valence-corrected chi connectivity index (χ1v) is 10.7. The number of thioether (sulfide) groups is 1. The Kier molecular flexibility index (Phi) is 11.5. The maximum atomic E-state index is 5.27. The number of likely N-dealkylation sites (N-methyl/N-ethyl adjacent to an activating group) is 1. The van der Waals surface area contributed by atoms with E-state index in [1.165, 1.54) is 24.8 Å². The molecule has 1 aliphatic carbocycles. The third kappa shape index (κ3) is 7.69. The lowest BCUT2D eigenvalue weighted by atomic mass is 10.1. The van der Waals surface area contributed by atoms with Crippen LogP contribution in [0.3, 0.4) is 0 Å². The normalized spacial score (nSPS) is 20.9. The lowest BCUT2D eigenvalue weighted by molar-refractivity contribution is 0.306. The zero-order valence-corrected chi connectivity index (χ0v) is 20.3. The first-order valence-electron chi connectivity index (χ1n) is 9.45. The molecular formula is C20H35IN4OS. The molecule has 0 saturated heterocycles. The van der Waals surface area contributed by atoms with Crippen molar-refractivity contribution in [2.75, 3.05) is 40.6 Å².